The molecule has 0 amide bonds. The molecule has 1 aromatic heterocycles. The number of carbonyl (C=O) groups excluding carboxylic acids is 1. The summed E-state index contributed by atoms with van der Waals surface area (Å²) in [5.41, 5.74) is 0.381. The van der Waals surface area contributed by atoms with Crippen molar-refractivity contribution in [2.24, 2.45) is 0 Å². The molecule has 130 valence electrons. The van der Waals surface area contributed by atoms with Gasteiger partial charge < -0.3 is 19.3 Å². The predicted octanol–water partition coefficient (Wildman–Crippen LogP) is 3.40. The van der Waals surface area contributed by atoms with Crippen LogP contribution in [0.2, 0.25) is 0 Å². The van der Waals surface area contributed by atoms with Crippen molar-refractivity contribution < 1.29 is 32.0 Å². The summed E-state index contributed by atoms with van der Waals surface area (Å²) in [6.07, 6.45) is -4.42. The van der Waals surface area contributed by atoms with Gasteiger partial charge in [-0.05, 0) is 19.1 Å². The number of nitrogens with zero attached hydrogens (tertiary/aromatic N) is 1. The van der Waals surface area contributed by atoms with Crippen molar-refractivity contribution >= 4 is 11.7 Å². The standard InChI is InChI=1S/C15H15F3N2O4/c1-2-22-14(21)12-7-10(24-20-12)8-19-11-5-3-4-6-13(11)23-9-15(16,17)18/h3-7,19H,2,8-9H2,1H3. The van der Waals surface area contributed by atoms with E-state index in [-0.39, 0.29) is 24.6 Å². The van der Waals surface area contributed by atoms with Gasteiger partial charge in [-0.1, -0.05) is 17.3 Å². The first kappa shape index (κ1) is 17.6. The zero-order valence-corrected chi connectivity index (χ0v) is 12.7. The maximum Gasteiger partial charge on any atom is 0.422 e. The Bertz CT molecular complexity index is 685. The lowest BCUT2D eigenvalue weighted by Crippen LogP contribution is -2.19. The van der Waals surface area contributed by atoms with Gasteiger partial charge in [0.05, 0.1) is 18.8 Å². The van der Waals surface area contributed by atoms with Crippen LogP contribution < -0.4 is 10.1 Å². The average Bonchev–Trinajstić information content (AvgIpc) is 3.00. The molecule has 0 bridgehead atoms. The van der Waals surface area contributed by atoms with Crippen LogP contribution in [0.5, 0.6) is 5.75 Å². The second-order valence-corrected chi connectivity index (χ2v) is 4.65. The number of hydrogen-bond donors (Lipinski definition) is 1. The number of anilines is 1. The van der Waals surface area contributed by atoms with Crippen LogP contribution in [0.25, 0.3) is 0 Å². The summed E-state index contributed by atoms with van der Waals surface area (Å²) in [5.74, 6) is -0.231. The largest absolute Gasteiger partial charge is 0.482 e. The minimum Gasteiger partial charge on any atom is -0.482 e. The molecule has 2 aromatic rings. The second kappa shape index (κ2) is 7.71. The van der Waals surface area contributed by atoms with Crippen molar-refractivity contribution in [3.63, 3.8) is 0 Å². The zero-order chi connectivity index (χ0) is 17.6. The first-order valence-corrected chi connectivity index (χ1v) is 7.04. The Morgan fingerprint density at radius 1 is 1.33 bits per heavy atom. The van der Waals surface area contributed by atoms with E-state index in [4.69, 9.17) is 14.0 Å². The number of aromatic nitrogens is 1. The SMILES string of the molecule is CCOC(=O)c1cc(CNc2ccccc2OCC(F)(F)F)on1. The number of halogens is 3. The summed E-state index contributed by atoms with van der Waals surface area (Å²) >= 11 is 0. The number of esters is 1. The molecule has 1 N–H and O–H groups in total. The summed E-state index contributed by atoms with van der Waals surface area (Å²) in [5, 5.41) is 6.44. The Morgan fingerprint density at radius 2 is 2.08 bits per heavy atom. The fraction of sp³-hybridized carbons (Fsp3) is 0.333. The Labute approximate surface area is 135 Å². The molecule has 0 spiro atoms. The minimum atomic E-state index is -4.42. The number of para-hydroxylation sites is 2. The minimum absolute atomic E-state index is 0.0234. The Kier molecular flexibility index (Phi) is 5.67. The number of nitrogens with one attached hydrogen (secondary N) is 1. The van der Waals surface area contributed by atoms with E-state index in [1.807, 2.05) is 0 Å². The van der Waals surface area contributed by atoms with Gasteiger partial charge in [0.2, 0.25) is 0 Å². The van der Waals surface area contributed by atoms with E-state index in [1.165, 1.54) is 12.1 Å². The van der Waals surface area contributed by atoms with Gasteiger partial charge >= 0.3 is 12.1 Å². The number of ether oxygens (including phenoxy) is 2. The van der Waals surface area contributed by atoms with E-state index >= 15 is 0 Å². The summed E-state index contributed by atoms with van der Waals surface area (Å²) in [6, 6.07) is 7.58. The van der Waals surface area contributed by atoms with E-state index in [0.717, 1.165) is 0 Å². The molecule has 0 aliphatic heterocycles. The van der Waals surface area contributed by atoms with E-state index in [1.54, 1.807) is 25.1 Å². The molecular formula is C15H15F3N2O4. The van der Waals surface area contributed by atoms with Crippen molar-refractivity contribution in [2.75, 3.05) is 18.5 Å². The topological polar surface area (TPSA) is 73.6 Å². The van der Waals surface area contributed by atoms with Crippen molar-refractivity contribution in [2.45, 2.75) is 19.6 Å². The van der Waals surface area contributed by atoms with Crippen molar-refractivity contribution in [3.05, 3.63) is 41.8 Å². The van der Waals surface area contributed by atoms with Gasteiger partial charge in [-0.2, -0.15) is 13.2 Å². The molecular weight excluding hydrogens is 329 g/mol. The zero-order valence-electron chi connectivity index (χ0n) is 12.7. The number of rotatable bonds is 7. The van der Waals surface area contributed by atoms with Crippen molar-refractivity contribution in [3.8, 4) is 5.75 Å². The van der Waals surface area contributed by atoms with Gasteiger partial charge in [-0.25, -0.2) is 4.79 Å². The molecule has 0 radical (unpaired) electrons. The van der Waals surface area contributed by atoms with E-state index in [2.05, 4.69) is 10.5 Å². The maximum atomic E-state index is 12.3. The molecule has 0 saturated heterocycles. The summed E-state index contributed by atoms with van der Waals surface area (Å²) in [6.45, 7) is 0.599. The van der Waals surface area contributed by atoms with Crippen molar-refractivity contribution in [1.29, 1.82) is 0 Å². The third kappa shape index (κ3) is 5.18. The van der Waals surface area contributed by atoms with Gasteiger partial charge in [0.1, 0.15) is 5.75 Å². The highest BCUT2D eigenvalue weighted by atomic mass is 19.4. The van der Waals surface area contributed by atoms with Crippen LogP contribution in [0.1, 0.15) is 23.2 Å². The van der Waals surface area contributed by atoms with Crippen molar-refractivity contribution in [1.82, 2.24) is 5.16 Å². The fourth-order valence-electron chi connectivity index (χ4n) is 1.78. The summed E-state index contributed by atoms with van der Waals surface area (Å²) < 4.78 is 51.3. The Balaban J connectivity index is 1.98. The highest BCUT2D eigenvalue weighted by Gasteiger charge is 2.28. The normalized spacial score (nSPS) is 11.2. The van der Waals surface area contributed by atoms with Crippen LogP contribution in [0.15, 0.2) is 34.9 Å². The van der Waals surface area contributed by atoms with Crippen LogP contribution in [0, 0.1) is 0 Å². The van der Waals surface area contributed by atoms with Crippen LogP contribution in [-0.4, -0.2) is 30.5 Å². The number of hydrogen-bond acceptors (Lipinski definition) is 6. The van der Waals surface area contributed by atoms with Gasteiger partial charge in [-0.3, -0.25) is 0 Å². The molecule has 9 heteroatoms. The third-order valence-electron chi connectivity index (χ3n) is 2.77. The molecule has 1 aromatic carbocycles. The van der Waals surface area contributed by atoms with Crippen LogP contribution in [0.4, 0.5) is 18.9 Å². The maximum absolute atomic E-state index is 12.3. The fourth-order valence-corrected chi connectivity index (χ4v) is 1.78. The average molecular weight is 344 g/mol. The highest BCUT2D eigenvalue weighted by Crippen LogP contribution is 2.26. The smallest absolute Gasteiger partial charge is 0.422 e. The van der Waals surface area contributed by atoms with Crippen LogP contribution in [0.3, 0.4) is 0 Å². The predicted molar refractivity (Wildman–Crippen MR) is 77.8 cm³/mol. The molecule has 0 saturated carbocycles. The van der Waals surface area contributed by atoms with Gasteiger partial charge in [0.15, 0.2) is 18.1 Å². The first-order valence-electron chi connectivity index (χ1n) is 7.04. The van der Waals surface area contributed by atoms with Gasteiger partial charge in [-0.15, -0.1) is 0 Å². The molecule has 0 aliphatic carbocycles. The molecule has 1 heterocycles. The highest BCUT2D eigenvalue weighted by molar-refractivity contribution is 5.87. The number of alkyl halides is 3. The molecule has 24 heavy (non-hydrogen) atoms. The quantitative estimate of drug-likeness (QED) is 0.776. The molecule has 6 nitrogen and oxygen atoms in total. The Hall–Kier alpha value is -2.71. The van der Waals surface area contributed by atoms with Crippen LogP contribution in [-0.2, 0) is 11.3 Å². The Morgan fingerprint density at radius 3 is 2.79 bits per heavy atom. The lowest BCUT2D eigenvalue weighted by Gasteiger charge is -2.13. The van der Waals surface area contributed by atoms with E-state index in [0.29, 0.717) is 11.4 Å². The molecule has 2 rings (SSSR count). The molecule has 0 fully saturated rings. The van der Waals surface area contributed by atoms with E-state index in [9.17, 15) is 18.0 Å². The number of carbonyl (C=O) groups is 1. The summed E-state index contributed by atoms with van der Waals surface area (Å²) in [7, 11) is 0. The molecule has 0 atom stereocenters. The van der Waals surface area contributed by atoms with Crippen LogP contribution >= 0.6 is 0 Å². The lowest BCUT2D eigenvalue weighted by atomic mass is 10.3. The van der Waals surface area contributed by atoms with Gasteiger partial charge in [0.25, 0.3) is 0 Å². The first-order chi connectivity index (χ1) is 11.4. The van der Waals surface area contributed by atoms with Gasteiger partial charge in [0, 0.05) is 6.07 Å². The lowest BCUT2D eigenvalue weighted by molar-refractivity contribution is -0.153. The number of benzene rings is 1. The van der Waals surface area contributed by atoms with E-state index < -0.39 is 18.8 Å². The monoisotopic (exact) mass is 344 g/mol. The molecule has 0 aliphatic rings. The summed E-state index contributed by atoms with van der Waals surface area (Å²) in [4.78, 5) is 11.5. The second-order valence-electron chi connectivity index (χ2n) is 4.65. The third-order valence-corrected chi connectivity index (χ3v) is 2.77. The molecule has 0 unspecified atom stereocenters.